The zero-order valence-corrected chi connectivity index (χ0v) is 10.0. The average Bonchev–Trinajstić information content (AvgIpc) is 2.25. The second kappa shape index (κ2) is 5.89. The molecule has 0 unspecified atom stereocenters. The van der Waals surface area contributed by atoms with Gasteiger partial charge in [-0.15, -0.1) is 0 Å². The number of ether oxygens (including phenoxy) is 1. The van der Waals surface area contributed by atoms with Crippen molar-refractivity contribution in [3.8, 4) is 0 Å². The smallest absolute Gasteiger partial charge is 0.342 e. The lowest BCUT2D eigenvalue weighted by atomic mass is 10.1. The normalized spacial score (nSPS) is 11.4. The molecule has 0 bridgehead atoms. The number of aromatic nitrogens is 2. The van der Waals surface area contributed by atoms with Crippen molar-refractivity contribution in [1.82, 2.24) is 9.97 Å². The maximum absolute atomic E-state index is 11.6. The summed E-state index contributed by atoms with van der Waals surface area (Å²) in [7, 11) is 0. The summed E-state index contributed by atoms with van der Waals surface area (Å²) in [6.07, 6.45) is 5.55. The Kier molecular flexibility index (Phi) is 4.51. The van der Waals surface area contributed by atoms with E-state index >= 15 is 0 Å². The number of nitrogens with zero attached hydrogens (tertiary/aromatic N) is 2. The van der Waals surface area contributed by atoms with Crippen LogP contribution in [0, 0.1) is 0 Å². The Morgan fingerprint density at radius 2 is 1.88 bits per heavy atom. The quantitative estimate of drug-likeness (QED) is 0.341. The molecule has 0 radical (unpaired) electrons. The van der Waals surface area contributed by atoms with E-state index in [1.165, 1.54) is 31.7 Å². The predicted octanol–water partition coefficient (Wildman–Crippen LogP) is 1.40. The lowest BCUT2D eigenvalue weighted by molar-refractivity contribution is -0.143. The van der Waals surface area contributed by atoms with E-state index in [9.17, 15) is 9.59 Å². The van der Waals surface area contributed by atoms with Gasteiger partial charge in [-0.25, -0.2) is 14.8 Å². The van der Waals surface area contributed by atoms with Crippen molar-refractivity contribution in [1.29, 1.82) is 0 Å². The number of Topliss-reactive ketones (excluding diaryl/α,β-unsaturated/α-hetero) is 1. The first-order valence-corrected chi connectivity index (χ1v) is 5.19. The maximum Gasteiger partial charge on any atom is 0.342 e. The number of rotatable bonds is 4. The third kappa shape index (κ3) is 4.14. The molecule has 0 aliphatic rings. The van der Waals surface area contributed by atoms with Crippen molar-refractivity contribution in [3.63, 3.8) is 0 Å². The van der Waals surface area contributed by atoms with Crippen LogP contribution in [0.15, 0.2) is 24.3 Å². The summed E-state index contributed by atoms with van der Waals surface area (Å²) in [5.41, 5.74) is 0.576. The largest absolute Gasteiger partial charge is 0.459 e. The highest BCUT2D eigenvalue weighted by atomic mass is 16.5. The molecule has 0 saturated heterocycles. The first-order chi connectivity index (χ1) is 8.00. The minimum absolute atomic E-state index is 0.00602. The van der Waals surface area contributed by atoms with E-state index in [1.807, 2.05) is 0 Å². The van der Waals surface area contributed by atoms with Crippen molar-refractivity contribution < 1.29 is 14.3 Å². The first kappa shape index (κ1) is 13.0. The fourth-order valence-corrected chi connectivity index (χ4v) is 1.13. The molecule has 1 rings (SSSR count). The van der Waals surface area contributed by atoms with Crippen LogP contribution in [-0.2, 0) is 14.3 Å². The third-order valence-corrected chi connectivity index (χ3v) is 1.83. The van der Waals surface area contributed by atoms with Gasteiger partial charge in [0.25, 0.3) is 0 Å². The zero-order chi connectivity index (χ0) is 12.8. The van der Waals surface area contributed by atoms with E-state index in [0.29, 0.717) is 5.56 Å². The maximum atomic E-state index is 11.6. The summed E-state index contributed by atoms with van der Waals surface area (Å²) < 4.78 is 4.98. The van der Waals surface area contributed by atoms with Crippen LogP contribution in [0.5, 0.6) is 0 Å². The molecule has 0 N–H and O–H groups in total. The lowest BCUT2D eigenvalue weighted by Crippen LogP contribution is -2.17. The zero-order valence-electron chi connectivity index (χ0n) is 10.0. The van der Waals surface area contributed by atoms with Crippen molar-refractivity contribution in [2.75, 3.05) is 0 Å². The molecular formula is C12H14N2O3. The second-order valence-electron chi connectivity index (χ2n) is 3.74. The monoisotopic (exact) mass is 234 g/mol. The molecule has 0 spiro atoms. The summed E-state index contributed by atoms with van der Waals surface area (Å²) in [6.45, 7) is 4.76. The molecule has 1 aromatic heterocycles. The van der Waals surface area contributed by atoms with Crippen LogP contribution in [0.2, 0.25) is 0 Å². The number of esters is 1. The van der Waals surface area contributed by atoms with E-state index in [-0.39, 0.29) is 17.5 Å². The van der Waals surface area contributed by atoms with Crippen LogP contribution in [-0.4, -0.2) is 27.8 Å². The van der Waals surface area contributed by atoms with E-state index in [2.05, 4.69) is 9.97 Å². The Labute approximate surface area is 99.5 Å². The number of carbonyl (C=O) groups is 2. The Morgan fingerprint density at radius 3 is 2.35 bits per heavy atom. The van der Waals surface area contributed by atoms with Gasteiger partial charge in [-0.2, -0.15) is 0 Å². The van der Waals surface area contributed by atoms with Gasteiger partial charge in [-0.3, -0.25) is 4.79 Å². The fourth-order valence-electron chi connectivity index (χ4n) is 1.13. The summed E-state index contributed by atoms with van der Waals surface area (Å²) in [6, 6.07) is 0. The highest BCUT2D eigenvalue weighted by Gasteiger charge is 2.17. The third-order valence-electron chi connectivity index (χ3n) is 1.83. The van der Waals surface area contributed by atoms with Crippen molar-refractivity contribution in [2.24, 2.45) is 0 Å². The van der Waals surface area contributed by atoms with Gasteiger partial charge < -0.3 is 4.74 Å². The van der Waals surface area contributed by atoms with Crippen LogP contribution in [0.4, 0.5) is 0 Å². The Balaban J connectivity index is 2.98. The molecule has 1 aromatic rings. The summed E-state index contributed by atoms with van der Waals surface area (Å²) in [5, 5.41) is 0. The molecule has 17 heavy (non-hydrogen) atoms. The summed E-state index contributed by atoms with van der Waals surface area (Å²) >= 11 is 0. The lowest BCUT2D eigenvalue weighted by Gasteiger charge is -2.08. The number of hydrogen-bond acceptors (Lipinski definition) is 5. The minimum Gasteiger partial charge on any atom is -0.459 e. The van der Waals surface area contributed by atoms with Gasteiger partial charge >= 0.3 is 5.97 Å². The van der Waals surface area contributed by atoms with Crippen molar-refractivity contribution in [3.05, 3.63) is 29.9 Å². The predicted molar refractivity (Wildman–Crippen MR) is 61.9 cm³/mol. The summed E-state index contributed by atoms with van der Waals surface area (Å²) in [5.74, 6) is -0.976. The first-order valence-electron chi connectivity index (χ1n) is 5.19. The van der Waals surface area contributed by atoms with Gasteiger partial charge in [0.05, 0.1) is 6.10 Å². The summed E-state index contributed by atoms with van der Waals surface area (Å²) in [4.78, 5) is 30.6. The molecule has 0 atom stereocenters. The molecule has 5 heteroatoms. The van der Waals surface area contributed by atoms with Gasteiger partial charge in [0.2, 0.25) is 0 Å². The molecular weight excluding hydrogens is 220 g/mol. The molecule has 0 fully saturated rings. The second-order valence-corrected chi connectivity index (χ2v) is 3.74. The average molecular weight is 234 g/mol. The van der Waals surface area contributed by atoms with Gasteiger partial charge in [0.15, 0.2) is 5.78 Å². The Morgan fingerprint density at radius 1 is 1.29 bits per heavy atom. The van der Waals surface area contributed by atoms with Crippen LogP contribution in [0.1, 0.15) is 26.3 Å². The van der Waals surface area contributed by atoms with Gasteiger partial charge in [-0.1, -0.05) is 0 Å². The highest BCUT2D eigenvalue weighted by Crippen LogP contribution is 2.08. The minimum atomic E-state index is -0.628. The van der Waals surface area contributed by atoms with Crippen LogP contribution in [0.25, 0.3) is 6.08 Å². The van der Waals surface area contributed by atoms with E-state index in [4.69, 9.17) is 4.74 Å². The number of hydrogen-bond donors (Lipinski definition) is 0. The topological polar surface area (TPSA) is 69.2 Å². The molecule has 0 saturated carbocycles. The van der Waals surface area contributed by atoms with Crippen molar-refractivity contribution in [2.45, 2.75) is 26.9 Å². The van der Waals surface area contributed by atoms with E-state index < -0.39 is 5.97 Å². The van der Waals surface area contributed by atoms with Gasteiger partial charge in [0, 0.05) is 18.0 Å². The Hall–Kier alpha value is -2.04. The van der Waals surface area contributed by atoms with E-state index in [0.717, 1.165) is 0 Å². The standard InChI is InChI=1S/C12H14N2O3/c1-8(2)17-12(16)11(9(3)15)4-10-5-13-7-14-6-10/h4-8H,1-3H3/b11-4+. The highest BCUT2D eigenvalue weighted by molar-refractivity contribution is 6.19. The van der Waals surface area contributed by atoms with Crippen LogP contribution < -0.4 is 0 Å². The Bertz CT molecular complexity index is 438. The van der Waals surface area contributed by atoms with Crippen LogP contribution >= 0.6 is 0 Å². The van der Waals surface area contributed by atoms with E-state index in [1.54, 1.807) is 13.8 Å². The number of carbonyl (C=O) groups excluding carboxylic acids is 2. The number of ketones is 1. The van der Waals surface area contributed by atoms with Gasteiger partial charge in [-0.05, 0) is 26.8 Å². The molecule has 0 aromatic carbocycles. The SMILES string of the molecule is CC(=O)/C(=C\c1cncnc1)C(=O)OC(C)C. The molecule has 5 nitrogen and oxygen atoms in total. The van der Waals surface area contributed by atoms with Gasteiger partial charge in [0.1, 0.15) is 11.9 Å². The molecule has 0 aliphatic heterocycles. The van der Waals surface area contributed by atoms with Crippen LogP contribution in [0.3, 0.4) is 0 Å². The van der Waals surface area contributed by atoms with Crippen molar-refractivity contribution >= 4 is 17.8 Å². The molecule has 1 heterocycles. The fraction of sp³-hybridized carbons (Fsp3) is 0.333. The molecule has 0 aliphatic carbocycles. The molecule has 0 amide bonds. The molecule has 90 valence electrons.